The summed E-state index contributed by atoms with van der Waals surface area (Å²) in [6.45, 7) is 7.02. The van der Waals surface area contributed by atoms with Gasteiger partial charge < -0.3 is 20.5 Å². The Morgan fingerprint density at radius 2 is 1.97 bits per heavy atom. The quantitative estimate of drug-likeness (QED) is 0.507. The number of benzene rings is 1. The number of amides is 3. The van der Waals surface area contributed by atoms with Crippen LogP contribution in [0.15, 0.2) is 30.5 Å². The van der Waals surface area contributed by atoms with Gasteiger partial charge in [-0.3, -0.25) is 4.79 Å². The van der Waals surface area contributed by atoms with E-state index in [1.54, 1.807) is 23.2 Å². The molecule has 0 spiro atoms. The molecule has 0 aliphatic carbocycles. The lowest BCUT2D eigenvalue weighted by Crippen LogP contribution is -2.43. The number of aromatic nitrogens is 1. The highest BCUT2D eigenvalue weighted by Gasteiger charge is 2.15. The predicted octanol–water partition coefficient (Wildman–Crippen LogP) is 3.88. The van der Waals surface area contributed by atoms with Crippen molar-refractivity contribution in [2.45, 2.75) is 33.7 Å². The number of nitrogens with zero attached hydrogens (tertiary/aromatic N) is 1. The van der Waals surface area contributed by atoms with Gasteiger partial charge in [0.2, 0.25) is 5.91 Å². The van der Waals surface area contributed by atoms with E-state index in [0.717, 1.165) is 21.3 Å². The van der Waals surface area contributed by atoms with Crippen molar-refractivity contribution in [1.82, 2.24) is 20.5 Å². The maximum absolute atomic E-state index is 13.7. The highest BCUT2D eigenvalue weighted by Crippen LogP contribution is 2.22. The molecule has 2 aromatic heterocycles. The number of carbonyl (C=O) groups excluding carboxylic acids is 2. The molecule has 0 saturated carbocycles. The number of halogens is 1. The maximum atomic E-state index is 13.7. The zero-order chi connectivity index (χ0) is 21.7. The summed E-state index contributed by atoms with van der Waals surface area (Å²) in [5.74, 6) is -0.351. The number of carbonyl (C=O) groups is 2. The Bertz CT molecular complexity index is 1040. The molecule has 8 heteroatoms. The second-order valence-corrected chi connectivity index (χ2v) is 8.73. The molecular weight excluding hydrogens is 403 g/mol. The summed E-state index contributed by atoms with van der Waals surface area (Å²) in [6.07, 6.45) is 2.49. The van der Waals surface area contributed by atoms with Crippen LogP contribution >= 0.6 is 11.3 Å². The van der Waals surface area contributed by atoms with Gasteiger partial charge in [0.25, 0.3) is 0 Å². The fraction of sp³-hybridized carbons (Fsp3) is 0.364. The van der Waals surface area contributed by atoms with Crippen molar-refractivity contribution in [2.24, 2.45) is 0 Å². The minimum atomic E-state index is -0.233. The highest BCUT2D eigenvalue weighted by molar-refractivity contribution is 7.11. The number of nitrogens with one attached hydrogen (secondary N) is 3. The number of hydrogen-bond acceptors (Lipinski definition) is 3. The number of fused-ring (bicyclic) bond motifs is 1. The fourth-order valence-corrected chi connectivity index (χ4v) is 4.22. The minimum Gasteiger partial charge on any atom is -0.361 e. The first kappa shape index (κ1) is 21.8. The van der Waals surface area contributed by atoms with Gasteiger partial charge in [0.1, 0.15) is 5.82 Å². The van der Waals surface area contributed by atoms with E-state index in [0.29, 0.717) is 38.2 Å². The van der Waals surface area contributed by atoms with Crippen molar-refractivity contribution >= 4 is 34.2 Å². The van der Waals surface area contributed by atoms with Gasteiger partial charge in [-0.25, -0.2) is 9.18 Å². The monoisotopic (exact) mass is 430 g/mol. The molecule has 0 aliphatic rings. The van der Waals surface area contributed by atoms with Crippen LogP contribution in [0.2, 0.25) is 0 Å². The SMILES string of the molecule is CC(=O)NCCN(Cc1ccc(C)s1)C(=O)NCCc1c[nH]c2cc(F)c(C)cc12. The lowest BCUT2D eigenvalue weighted by Gasteiger charge is -2.22. The Kier molecular flexibility index (Phi) is 7.10. The first-order chi connectivity index (χ1) is 14.3. The van der Waals surface area contributed by atoms with E-state index in [1.165, 1.54) is 17.9 Å². The van der Waals surface area contributed by atoms with Crippen LogP contribution in [0.4, 0.5) is 9.18 Å². The number of aryl methyl sites for hydroxylation is 2. The van der Waals surface area contributed by atoms with Gasteiger partial charge in [-0.05, 0) is 55.7 Å². The van der Waals surface area contributed by atoms with Crippen molar-refractivity contribution in [1.29, 1.82) is 0 Å². The molecule has 0 atom stereocenters. The fourth-order valence-electron chi connectivity index (χ4n) is 3.31. The molecule has 30 heavy (non-hydrogen) atoms. The third-order valence-electron chi connectivity index (χ3n) is 4.90. The van der Waals surface area contributed by atoms with Crippen molar-refractivity contribution in [2.75, 3.05) is 19.6 Å². The molecule has 6 nitrogen and oxygen atoms in total. The summed E-state index contributed by atoms with van der Waals surface area (Å²) >= 11 is 1.66. The number of hydrogen-bond donors (Lipinski definition) is 3. The largest absolute Gasteiger partial charge is 0.361 e. The van der Waals surface area contributed by atoms with E-state index < -0.39 is 0 Å². The Labute approximate surface area is 179 Å². The van der Waals surface area contributed by atoms with Crippen LogP contribution in [-0.4, -0.2) is 41.5 Å². The summed E-state index contributed by atoms with van der Waals surface area (Å²) in [7, 11) is 0. The summed E-state index contributed by atoms with van der Waals surface area (Å²) in [5.41, 5.74) is 2.39. The average molecular weight is 431 g/mol. The molecule has 3 amide bonds. The highest BCUT2D eigenvalue weighted by atomic mass is 32.1. The lowest BCUT2D eigenvalue weighted by molar-refractivity contribution is -0.119. The summed E-state index contributed by atoms with van der Waals surface area (Å²) in [4.78, 5) is 31.0. The summed E-state index contributed by atoms with van der Waals surface area (Å²) in [5, 5.41) is 6.68. The van der Waals surface area contributed by atoms with Crippen LogP contribution in [-0.2, 0) is 17.8 Å². The molecule has 2 heterocycles. The Morgan fingerprint density at radius 1 is 1.17 bits per heavy atom. The van der Waals surface area contributed by atoms with Gasteiger partial charge in [0, 0.05) is 53.4 Å². The zero-order valence-electron chi connectivity index (χ0n) is 17.5. The van der Waals surface area contributed by atoms with Crippen LogP contribution in [0.1, 0.15) is 27.8 Å². The number of aromatic amines is 1. The lowest BCUT2D eigenvalue weighted by atomic mass is 10.1. The first-order valence-electron chi connectivity index (χ1n) is 9.92. The summed E-state index contributed by atoms with van der Waals surface area (Å²) < 4.78 is 13.7. The third-order valence-corrected chi connectivity index (χ3v) is 5.89. The van der Waals surface area contributed by atoms with Crippen LogP contribution in [0.25, 0.3) is 10.9 Å². The normalized spacial score (nSPS) is 10.9. The summed E-state index contributed by atoms with van der Waals surface area (Å²) in [6, 6.07) is 7.21. The van der Waals surface area contributed by atoms with Gasteiger partial charge in [-0.15, -0.1) is 11.3 Å². The Morgan fingerprint density at radius 3 is 2.67 bits per heavy atom. The van der Waals surface area contributed by atoms with Crippen molar-refractivity contribution < 1.29 is 14.0 Å². The van der Waals surface area contributed by atoms with E-state index in [-0.39, 0.29) is 17.8 Å². The second-order valence-electron chi connectivity index (χ2n) is 7.36. The second kappa shape index (κ2) is 9.75. The van der Waals surface area contributed by atoms with E-state index in [2.05, 4.69) is 15.6 Å². The minimum absolute atomic E-state index is 0.117. The van der Waals surface area contributed by atoms with Gasteiger partial charge in [0.15, 0.2) is 0 Å². The molecule has 3 rings (SSSR count). The molecule has 3 N–H and O–H groups in total. The molecule has 0 saturated heterocycles. The standard InChI is InChI=1S/C22H27FN4O2S/c1-14-10-19-17(12-26-21(19)11-20(14)23)6-7-25-22(29)27(9-8-24-16(3)28)13-18-5-4-15(2)30-18/h4-5,10-12,26H,6-9,13H2,1-3H3,(H,24,28)(H,25,29). The Hall–Kier alpha value is -2.87. The molecule has 1 aromatic carbocycles. The molecule has 160 valence electrons. The molecule has 0 radical (unpaired) electrons. The molecule has 0 bridgehead atoms. The first-order valence-corrected chi connectivity index (χ1v) is 10.7. The van der Waals surface area contributed by atoms with E-state index in [4.69, 9.17) is 0 Å². The average Bonchev–Trinajstić information content (AvgIpc) is 3.27. The number of rotatable bonds is 8. The molecule has 3 aromatic rings. The van der Waals surface area contributed by atoms with Gasteiger partial charge in [-0.2, -0.15) is 0 Å². The van der Waals surface area contributed by atoms with Crippen LogP contribution in [0.5, 0.6) is 0 Å². The van der Waals surface area contributed by atoms with Gasteiger partial charge >= 0.3 is 6.03 Å². The van der Waals surface area contributed by atoms with E-state index >= 15 is 0 Å². The number of thiophene rings is 1. The zero-order valence-corrected chi connectivity index (χ0v) is 18.3. The Balaban J connectivity index is 1.60. The topological polar surface area (TPSA) is 77.2 Å². The van der Waals surface area contributed by atoms with Crippen LogP contribution in [0, 0.1) is 19.7 Å². The van der Waals surface area contributed by atoms with Gasteiger partial charge in [0.05, 0.1) is 6.54 Å². The van der Waals surface area contributed by atoms with E-state index in [1.807, 2.05) is 31.3 Å². The number of urea groups is 1. The molecule has 0 aliphatic heterocycles. The van der Waals surface area contributed by atoms with Crippen molar-refractivity contribution in [3.8, 4) is 0 Å². The van der Waals surface area contributed by atoms with E-state index in [9.17, 15) is 14.0 Å². The smallest absolute Gasteiger partial charge is 0.317 e. The predicted molar refractivity (Wildman–Crippen MR) is 118 cm³/mol. The third kappa shape index (κ3) is 5.60. The van der Waals surface area contributed by atoms with Crippen LogP contribution < -0.4 is 10.6 Å². The number of H-pyrrole nitrogens is 1. The van der Waals surface area contributed by atoms with Crippen molar-refractivity contribution in [3.05, 3.63) is 57.2 Å². The van der Waals surface area contributed by atoms with Crippen molar-refractivity contribution in [3.63, 3.8) is 0 Å². The molecule has 0 fully saturated rings. The van der Waals surface area contributed by atoms with Gasteiger partial charge in [-0.1, -0.05) is 0 Å². The maximum Gasteiger partial charge on any atom is 0.317 e. The van der Waals surface area contributed by atoms with Crippen LogP contribution in [0.3, 0.4) is 0 Å². The molecule has 0 unspecified atom stereocenters. The molecular formula is C22H27FN4O2S.